The minimum Gasteiger partial charge on any atom is -0.467 e. The highest BCUT2D eigenvalue weighted by molar-refractivity contribution is 5.94. The molecule has 1 fully saturated rings. The molecule has 0 unspecified atom stereocenters. The van der Waals surface area contributed by atoms with E-state index in [0.29, 0.717) is 41.2 Å². The summed E-state index contributed by atoms with van der Waals surface area (Å²) in [4.78, 5) is 25.9. The molecule has 3 aromatic rings. The molecule has 0 radical (unpaired) electrons. The highest BCUT2D eigenvalue weighted by atomic mass is 19.1. The van der Waals surface area contributed by atoms with Crippen LogP contribution in [0.3, 0.4) is 0 Å². The number of cyclic esters (lactones) is 1. The molecule has 4 rings (SSSR count). The molecule has 0 saturated carbocycles. The highest BCUT2D eigenvalue weighted by Gasteiger charge is 2.32. The van der Waals surface area contributed by atoms with Crippen LogP contribution in [0.4, 0.5) is 14.9 Å². The summed E-state index contributed by atoms with van der Waals surface area (Å²) in [5.41, 5.74) is 2.65. The van der Waals surface area contributed by atoms with Gasteiger partial charge in [-0.25, -0.2) is 9.18 Å². The van der Waals surface area contributed by atoms with E-state index in [4.69, 9.17) is 9.15 Å². The second-order valence-corrected chi connectivity index (χ2v) is 7.78. The van der Waals surface area contributed by atoms with Crippen LogP contribution in [-0.2, 0) is 11.3 Å². The van der Waals surface area contributed by atoms with Crippen molar-refractivity contribution in [1.82, 2.24) is 10.6 Å². The van der Waals surface area contributed by atoms with Crippen molar-refractivity contribution in [2.24, 2.45) is 0 Å². The maximum absolute atomic E-state index is 14.9. The Morgan fingerprint density at radius 2 is 1.97 bits per heavy atom. The van der Waals surface area contributed by atoms with Crippen molar-refractivity contribution in [1.29, 1.82) is 0 Å². The Labute approximate surface area is 190 Å². The second kappa shape index (κ2) is 9.60. The average molecular weight is 449 g/mol. The number of hydrogen-bond donors (Lipinski definition) is 2. The van der Waals surface area contributed by atoms with Gasteiger partial charge in [-0.3, -0.25) is 9.69 Å². The molecular weight excluding hydrogens is 425 g/mol. The summed E-state index contributed by atoms with van der Waals surface area (Å²) in [5.74, 6) is -0.0711. The van der Waals surface area contributed by atoms with E-state index < -0.39 is 11.9 Å². The summed E-state index contributed by atoms with van der Waals surface area (Å²) in [6.07, 6.45) is 0.686. The molecule has 1 aliphatic heterocycles. The fraction of sp³-hybridized carbons (Fsp3) is 0.200. The maximum atomic E-state index is 14.9. The first-order valence-electron chi connectivity index (χ1n) is 10.5. The Morgan fingerprint density at radius 1 is 1.18 bits per heavy atom. The zero-order valence-electron chi connectivity index (χ0n) is 18.1. The number of nitrogens with zero attached hydrogens (tertiary/aromatic N) is 1. The Bertz CT molecular complexity index is 1160. The fourth-order valence-corrected chi connectivity index (χ4v) is 3.52. The lowest BCUT2D eigenvalue weighted by atomic mass is 10.0. The van der Waals surface area contributed by atoms with Gasteiger partial charge in [-0.05, 0) is 55.0 Å². The largest absolute Gasteiger partial charge is 0.467 e. The van der Waals surface area contributed by atoms with Crippen molar-refractivity contribution in [3.8, 4) is 11.1 Å². The summed E-state index contributed by atoms with van der Waals surface area (Å²) in [7, 11) is 0. The molecule has 2 amide bonds. The van der Waals surface area contributed by atoms with Crippen molar-refractivity contribution < 1.29 is 23.1 Å². The number of ether oxygens (including phenoxy) is 1. The van der Waals surface area contributed by atoms with Gasteiger partial charge < -0.3 is 19.8 Å². The molecule has 2 heterocycles. The van der Waals surface area contributed by atoms with Gasteiger partial charge in [-0.1, -0.05) is 18.7 Å². The smallest absolute Gasteiger partial charge is 0.414 e. The number of furan rings is 1. The lowest BCUT2D eigenvalue weighted by molar-refractivity contribution is 0.0948. The number of rotatable bonds is 8. The predicted molar refractivity (Wildman–Crippen MR) is 122 cm³/mol. The van der Waals surface area contributed by atoms with Crippen molar-refractivity contribution in [2.45, 2.75) is 19.6 Å². The SMILES string of the molecule is C=C(C)NC[C@H]1CN(c2ccc(-c3ccc(C(=O)NCc4ccco4)cc3)c(F)c2)C(=O)O1. The van der Waals surface area contributed by atoms with Crippen LogP contribution in [0.25, 0.3) is 11.1 Å². The Morgan fingerprint density at radius 3 is 2.64 bits per heavy atom. The first-order valence-corrected chi connectivity index (χ1v) is 10.5. The number of halogens is 1. The van der Waals surface area contributed by atoms with Gasteiger partial charge >= 0.3 is 6.09 Å². The third-order valence-corrected chi connectivity index (χ3v) is 5.23. The number of nitrogens with one attached hydrogen (secondary N) is 2. The number of hydrogen-bond acceptors (Lipinski definition) is 5. The number of benzene rings is 2. The van der Waals surface area contributed by atoms with Gasteiger partial charge in [-0.2, -0.15) is 0 Å². The molecule has 2 aromatic carbocycles. The molecular formula is C25H24FN3O4. The van der Waals surface area contributed by atoms with Crippen LogP contribution < -0.4 is 15.5 Å². The van der Waals surface area contributed by atoms with Crippen molar-refractivity contribution in [2.75, 3.05) is 18.0 Å². The lowest BCUT2D eigenvalue weighted by Crippen LogP contribution is -2.30. The number of carbonyl (C=O) groups is 2. The van der Waals surface area contributed by atoms with Gasteiger partial charge in [0.2, 0.25) is 0 Å². The molecule has 0 bridgehead atoms. The van der Waals surface area contributed by atoms with Crippen LogP contribution in [0.1, 0.15) is 23.0 Å². The summed E-state index contributed by atoms with van der Waals surface area (Å²) < 4.78 is 25.4. The Balaban J connectivity index is 1.42. The van der Waals surface area contributed by atoms with E-state index in [0.717, 1.165) is 5.70 Å². The van der Waals surface area contributed by atoms with E-state index in [9.17, 15) is 14.0 Å². The van der Waals surface area contributed by atoms with E-state index in [1.807, 2.05) is 6.92 Å². The lowest BCUT2D eigenvalue weighted by Gasteiger charge is -2.15. The van der Waals surface area contributed by atoms with E-state index >= 15 is 0 Å². The van der Waals surface area contributed by atoms with Gasteiger partial charge in [0.05, 0.1) is 31.6 Å². The quantitative estimate of drug-likeness (QED) is 0.530. The minimum absolute atomic E-state index is 0.253. The molecule has 1 saturated heterocycles. The highest BCUT2D eigenvalue weighted by Crippen LogP contribution is 2.29. The third-order valence-electron chi connectivity index (χ3n) is 5.23. The van der Waals surface area contributed by atoms with E-state index in [1.165, 1.54) is 11.0 Å². The fourth-order valence-electron chi connectivity index (χ4n) is 3.52. The summed E-state index contributed by atoms with van der Waals surface area (Å²) in [5, 5.41) is 5.81. The van der Waals surface area contributed by atoms with Crippen molar-refractivity contribution in [3.63, 3.8) is 0 Å². The van der Waals surface area contributed by atoms with Crippen molar-refractivity contribution in [3.05, 3.63) is 90.3 Å². The summed E-state index contributed by atoms with van der Waals surface area (Å²) in [6.45, 7) is 6.63. The number of amides is 2. The average Bonchev–Trinajstić information content (AvgIpc) is 3.45. The number of carbonyl (C=O) groups excluding carboxylic acids is 2. The number of allylic oxidation sites excluding steroid dienone is 1. The monoisotopic (exact) mass is 449 g/mol. The molecule has 170 valence electrons. The minimum atomic E-state index is -0.513. The summed E-state index contributed by atoms with van der Waals surface area (Å²) >= 11 is 0. The van der Waals surface area contributed by atoms with Crippen LogP contribution in [0.2, 0.25) is 0 Å². The molecule has 0 spiro atoms. The van der Waals surface area contributed by atoms with Gasteiger partial charge in [-0.15, -0.1) is 0 Å². The molecule has 1 aliphatic rings. The van der Waals surface area contributed by atoms with Gasteiger partial charge in [0.25, 0.3) is 5.91 Å². The van der Waals surface area contributed by atoms with Gasteiger partial charge in [0, 0.05) is 16.8 Å². The molecule has 7 nitrogen and oxygen atoms in total. The predicted octanol–water partition coefficient (Wildman–Crippen LogP) is 4.46. The standard InChI is InChI=1S/C25H24FN3O4/c1-16(2)27-14-21-15-29(25(31)33-21)19-9-10-22(23(26)12-19)17-5-7-18(8-6-17)24(30)28-13-20-4-3-11-32-20/h3-12,21,27H,1,13-15H2,2H3,(H,28,30)/t21-/m0/s1. The van der Waals surface area contributed by atoms with Crippen molar-refractivity contribution >= 4 is 17.7 Å². The van der Waals surface area contributed by atoms with E-state index in [1.54, 1.807) is 54.8 Å². The van der Waals surface area contributed by atoms with Crippen LogP contribution in [-0.4, -0.2) is 31.2 Å². The van der Waals surface area contributed by atoms with Crippen LogP contribution in [0.5, 0.6) is 0 Å². The molecule has 2 N–H and O–H groups in total. The third kappa shape index (κ3) is 5.23. The van der Waals surface area contributed by atoms with E-state index in [-0.39, 0.29) is 18.6 Å². The maximum Gasteiger partial charge on any atom is 0.414 e. The summed E-state index contributed by atoms with van der Waals surface area (Å²) in [6, 6.07) is 14.8. The van der Waals surface area contributed by atoms with Gasteiger partial charge in [0.1, 0.15) is 17.7 Å². The number of anilines is 1. The molecule has 8 heteroatoms. The molecule has 33 heavy (non-hydrogen) atoms. The Hall–Kier alpha value is -4.07. The first kappa shape index (κ1) is 22.1. The zero-order chi connectivity index (χ0) is 23.4. The zero-order valence-corrected chi connectivity index (χ0v) is 18.1. The topological polar surface area (TPSA) is 83.8 Å². The first-order chi connectivity index (χ1) is 15.9. The van der Waals surface area contributed by atoms with Crippen LogP contribution in [0, 0.1) is 5.82 Å². The van der Waals surface area contributed by atoms with Crippen LogP contribution in [0.15, 0.2) is 77.6 Å². The second-order valence-electron chi connectivity index (χ2n) is 7.78. The van der Waals surface area contributed by atoms with Gasteiger partial charge in [0.15, 0.2) is 0 Å². The normalized spacial score (nSPS) is 15.3. The van der Waals surface area contributed by atoms with Crippen LogP contribution >= 0.6 is 0 Å². The molecule has 1 atom stereocenters. The van der Waals surface area contributed by atoms with E-state index in [2.05, 4.69) is 17.2 Å². The molecule has 0 aliphatic carbocycles. The molecule has 1 aromatic heterocycles. The Kier molecular flexibility index (Phi) is 6.44.